The quantitative estimate of drug-likeness (QED) is 0.704. The van der Waals surface area contributed by atoms with E-state index in [1.54, 1.807) is 6.07 Å². The average Bonchev–Trinajstić information content (AvgIpc) is 2.27. The molecular formula is C14H22N2O2. The van der Waals surface area contributed by atoms with Crippen LogP contribution in [0.3, 0.4) is 0 Å². The van der Waals surface area contributed by atoms with Crippen LogP contribution in [0.5, 0.6) is 0 Å². The van der Waals surface area contributed by atoms with E-state index in [0.29, 0.717) is 18.8 Å². The Morgan fingerprint density at radius 2 is 2.28 bits per heavy atom. The summed E-state index contributed by atoms with van der Waals surface area (Å²) in [5.74, 6) is 0. The number of likely N-dealkylation sites (tertiary alicyclic amines) is 1. The van der Waals surface area contributed by atoms with Crippen LogP contribution in [0.15, 0.2) is 24.3 Å². The maximum Gasteiger partial charge on any atom is 0.0917 e. The molecule has 0 bridgehead atoms. The summed E-state index contributed by atoms with van der Waals surface area (Å²) < 4.78 is 0. The topological polar surface area (TPSA) is 69.7 Å². The van der Waals surface area contributed by atoms with Gasteiger partial charge < -0.3 is 15.9 Å². The molecule has 1 aliphatic heterocycles. The monoisotopic (exact) mass is 250 g/mol. The molecule has 0 spiro atoms. The highest BCUT2D eigenvalue weighted by Gasteiger charge is 2.29. The highest BCUT2D eigenvalue weighted by molar-refractivity contribution is 5.41. The van der Waals surface area contributed by atoms with Crippen LogP contribution in [-0.4, -0.2) is 40.3 Å². The normalized spacial score (nSPS) is 27.1. The van der Waals surface area contributed by atoms with Crippen LogP contribution in [0.2, 0.25) is 0 Å². The van der Waals surface area contributed by atoms with Crippen molar-refractivity contribution in [3.8, 4) is 0 Å². The SMILES string of the molecule is CC1(O)CCCN(CC(O)c2cccc(N)c2)C1. The summed E-state index contributed by atoms with van der Waals surface area (Å²) in [7, 11) is 0. The van der Waals surface area contributed by atoms with Gasteiger partial charge >= 0.3 is 0 Å². The maximum atomic E-state index is 10.2. The van der Waals surface area contributed by atoms with Crippen LogP contribution in [0.1, 0.15) is 31.4 Å². The predicted octanol–water partition coefficient (Wildman–Crippen LogP) is 1.15. The zero-order valence-electron chi connectivity index (χ0n) is 10.8. The summed E-state index contributed by atoms with van der Waals surface area (Å²) in [6, 6.07) is 7.33. The van der Waals surface area contributed by atoms with Crippen molar-refractivity contribution in [2.24, 2.45) is 0 Å². The van der Waals surface area contributed by atoms with Crippen molar-refractivity contribution in [1.82, 2.24) is 4.90 Å². The predicted molar refractivity (Wildman–Crippen MR) is 72.1 cm³/mol. The van der Waals surface area contributed by atoms with Crippen molar-refractivity contribution in [2.45, 2.75) is 31.5 Å². The molecule has 0 saturated carbocycles. The number of anilines is 1. The number of nitrogens with two attached hydrogens (primary N) is 1. The third-order valence-corrected chi connectivity index (χ3v) is 3.48. The van der Waals surface area contributed by atoms with E-state index >= 15 is 0 Å². The Bertz CT molecular complexity index is 407. The molecule has 0 aliphatic carbocycles. The summed E-state index contributed by atoms with van der Waals surface area (Å²) >= 11 is 0. The largest absolute Gasteiger partial charge is 0.399 e. The second-order valence-electron chi connectivity index (χ2n) is 5.52. The summed E-state index contributed by atoms with van der Waals surface area (Å²) in [6.07, 6.45) is 1.25. The van der Waals surface area contributed by atoms with Crippen LogP contribution in [-0.2, 0) is 0 Å². The Balaban J connectivity index is 1.97. The lowest BCUT2D eigenvalue weighted by molar-refractivity contribution is -0.0281. The molecular weight excluding hydrogens is 228 g/mol. The summed E-state index contributed by atoms with van der Waals surface area (Å²) in [5.41, 5.74) is 6.57. The van der Waals surface area contributed by atoms with Gasteiger partial charge in [0, 0.05) is 18.8 Å². The molecule has 4 nitrogen and oxygen atoms in total. The number of piperidine rings is 1. The molecule has 1 aliphatic rings. The number of aliphatic hydroxyl groups excluding tert-OH is 1. The molecule has 0 amide bonds. The zero-order chi connectivity index (χ0) is 13.2. The van der Waals surface area contributed by atoms with Gasteiger partial charge in [-0.2, -0.15) is 0 Å². The second-order valence-corrected chi connectivity index (χ2v) is 5.52. The lowest BCUT2D eigenvalue weighted by Crippen LogP contribution is -2.47. The molecule has 18 heavy (non-hydrogen) atoms. The van der Waals surface area contributed by atoms with E-state index in [-0.39, 0.29) is 0 Å². The Labute approximate surface area is 108 Å². The fraction of sp³-hybridized carbons (Fsp3) is 0.571. The van der Waals surface area contributed by atoms with Crippen molar-refractivity contribution in [1.29, 1.82) is 0 Å². The van der Waals surface area contributed by atoms with E-state index in [4.69, 9.17) is 5.73 Å². The van der Waals surface area contributed by atoms with Gasteiger partial charge in [0.2, 0.25) is 0 Å². The van der Waals surface area contributed by atoms with Crippen molar-refractivity contribution in [2.75, 3.05) is 25.4 Å². The molecule has 1 aromatic carbocycles. The molecule has 1 saturated heterocycles. The van der Waals surface area contributed by atoms with Gasteiger partial charge in [0.25, 0.3) is 0 Å². The van der Waals surface area contributed by atoms with Gasteiger partial charge in [-0.15, -0.1) is 0 Å². The Hall–Kier alpha value is -1.10. The number of nitrogens with zero attached hydrogens (tertiary/aromatic N) is 1. The summed E-state index contributed by atoms with van der Waals surface area (Å²) in [4.78, 5) is 2.11. The van der Waals surface area contributed by atoms with Crippen LogP contribution >= 0.6 is 0 Å². The third kappa shape index (κ3) is 3.45. The summed E-state index contributed by atoms with van der Waals surface area (Å²) in [6.45, 7) is 3.94. The number of aliphatic hydroxyl groups is 2. The van der Waals surface area contributed by atoms with E-state index in [0.717, 1.165) is 24.9 Å². The van der Waals surface area contributed by atoms with E-state index < -0.39 is 11.7 Å². The standard InChI is InChI=1S/C14H22N2O2/c1-14(18)6-3-7-16(10-14)9-13(17)11-4-2-5-12(15)8-11/h2,4-5,8,13,17-18H,3,6-7,9-10,15H2,1H3. The number of rotatable bonds is 3. The number of nitrogen functional groups attached to an aromatic ring is 1. The van der Waals surface area contributed by atoms with Crippen LogP contribution < -0.4 is 5.73 Å². The molecule has 0 radical (unpaired) electrons. The number of benzene rings is 1. The third-order valence-electron chi connectivity index (χ3n) is 3.48. The Morgan fingerprint density at radius 1 is 1.50 bits per heavy atom. The number of β-amino-alcohol motifs (C(OH)–C–C–N with tert-alkyl or cyclic N) is 2. The highest BCUT2D eigenvalue weighted by Crippen LogP contribution is 2.23. The minimum atomic E-state index is -0.631. The molecule has 2 unspecified atom stereocenters. The molecule has 4 heteroatoms. The van der Waals surface area contributed by atoms with Crippen molar-refractivity contribution in [3.63, 3.8) is 0 Å². The molecule has 100 valence electrons. The lowest BCUT2D eigenvalue weighted by atomic mass is 9.94. The van der Waals surface area contributed by atoms with Crippen LogP contribution in [0.25, 0.3) is 0 Å². The molecule has 4 N–H and O–H groups in total. The Morgan fingerprint density at radius 3 is 2.94 bits per heavy atom. The first-order valence-corrected chi connectivity index (χ1v) is 6.44. The van der Waals surface area contributed by atoms with Gasteiger partial charge in [-0.25, -0.2) is 0 Å². The van der Waals surface area contributed by atoms with Gasteiger partial charge in [0.15, 0.2) is 0 Å². The fourth-order valence-corrected chi connectivity index (χ4v) is 2.60. The fourth-order valence-electron chi connectivity index (χ4n) is 2.60. The minimum absolute atomic E-state index is 0.541. The molecule has 1 heterocycles. The smallest absolute Gasteiger partial charge is 0.0917 e. The van der Waals surface area contributed by atoms with Gasteiger partial charge in [-0.1, -0.05) is 12.1 Å². The van der Waals surface area contributed by atoms with Crippen molar-refractivity contribution < 1.29 is 10.2 Å². The van der Waals surface area contributed by atoms with Gasteiger partial charge in [-0.3, -0.25) is 4.90 Å². The van der Waals surface area contributed by atoms with Crippen LogP contribution in [0, 0.1) is 0 Å². The molecule has 2 atom stereocenters. The first-order valence-electron chi connectivity index (χ1n) is 6.44. The second kappa shape index (κ2) is 5.26. The Kier molecular flexibility index (Phi) is 3.90. The summed E-state index contributed by atoms with van der Waals surface area (Å²) in [5, 5.41) is 20.2. The van der Waals surface area contributed by atoms with Crippen LogP contribution in [0.4, 0.5) is 5.69 Å². The highest BCUT2D eigenvalue weighted by atomic mass is 16.3. The first-order chi connectivity index (χ1) is 8.46. The van der Waals surface area contributed by atoms with Gasteiger partial charge in [-0.05, 0) is 44.0 Å². The zero-order valence-corrected chi connectivity index (χ0v) is 10.8. The molecule has 1 aromatic rings. The lowest BCUT2D eigenvalue weighted by Gasteiger charge is -2.37. The van der Waals surface area contributed by atoms with Crippen molar-refractivity contribution in [3.05, 3.63) is 29.8 Å². The number of hydrogen-bond donors (Lipinski definition) is 3. The maximum absolute atomic E-state index is 10.2. The minimum Gasteiger partial charge on any atom is -0.399 e. The van der Waals surface area contributed by atoms with E-state index in [1.165, 1.54) is 0 Å². The van der Waals surface area contributed by atoms with E-state index in [2.05, 4.69) is 4.90 Å². The van der Waals surface area contributed by atoms with E-state index in [1.807, 2.05) is 25.1 Å². The average molecular weight is 250 g/mol. The van der Waals surface area contributed by atoms with Crippen molar-refractivity contribution >= 4 is 5.69 Å². The van der Waals surface area contributed by atoms with E-state index in [9.17, 15) is 10.2 Å². The molecule has 2 rings (SSSR count). The van der Waals surface area contributed by atoms with Gasteiger partial charge in [0.05, 0.1) is 11.7 Å². The van der Waals surface area contributed by atoms with Gasteiger partial charge in [0.1, 0.15) is 0 Å². The first kappa shape index (κ1) is 13.3. The number of hydrogen-bond acceptors (Lipinski definition) is 4. The molecule has 1 fully saturated rings. The molecule has 0 aromatic heterocycles.